The molecule has 0 radical (unpaired) electrons. The Morgan fingerprint density at radius 1 is 1.53 bits per heavy atom. The molecule has 3 heterocycles. The van der Waals surface area contributed by atoms with E-state index in [9.17, 15) is 9.59 Å². The number of nitrogens with one attached hydrogen (secondary N) is 1. The number of cyclic esters (lactones) is 1. The summed E-state index contributed by atoms with van der Waals surface area (Å²) in [5.41, 5.74) is 2.12. The third kappa shape index (κ3) is 2.27. The van der Waals surface area contributed by atoms with E-state index in [1.54, 1.807) is 16.4 Å². The van der Waals surface area contributed by atoms with Gasteiger partial charge in [-0.25, -0.2) is 4.79 Å². The first-order valence-corrected chi connectivity index (χ1v) is 7.14. The molecule has 8 heteroatoms. The number of aryl methyl sites for hydroxylation is 1. The van der Waals surface area contributed by atoms with Crippen LogP contribution in [-0.2, 0) is 28.1 Å². The number of carbonyl (C=O) groups is 2. The largest absolute Gasteiger partial charge is 0.448 e. The Morgan fingerprint density at radius 3 is 3.11 bits per heavy atom. The van der Waals surface area contributed by atoms with Gasteiger partial charge in [0.1, 0.15) is 19.0 Å². The van der Waals surface area contributed by atoms with Crippen LogP contribution in [0.25, 0.3) is 0 Å². The van der Waals surface area contributed by atoms with Crippen molar-refractivity contribution in [2.75, 3.05) is 25.0 Å². The van der Waals surface area contributed by atoms with Gasteiger partial charge in [0.05, 0.1) is 12.2 Å². The van der Waals surface area contributed by atoms with Crippen molar-refractivity contribution in [1.82, 2.24) is 14.7 Å². The second-order valence-electron chi connectivity index (χ2n) is 4.47. The first kappa shape index (κ1) is 12.3. The Hall–Kier alpha value is -1.70. The fourth-order valence-electron chi connectivity index (χ4n) is 2.21. The van der Waals surface area contributed by atoms with Crippen LogP contribution in [0.15, 0.2) is 0 Å². The Balaban J connectivity index is 1.68. The molecule has 19 heavy (non-hydrogen) atoms. The number of rotatable bonds is 3. The molecular formula is C11H14N4O3S. The minimum Gasteiger partial charge on any atom is -0.448 e. The summed E-state index contributed by atoms with van der Waals surface area (Å²) in [6.07, 6.45) is -0.430. The summed E-state index contributed by atoms with van der Waals surface area (Å²) in [6.45, 7) is 0.835. The van der Waals surface area contributed by atoms with Gasteiger partial charge >= 0.3 is 6.09 Å². The first-order chi connectivity index (χ1) is 9.15. The van der Waals surface area contributed by atoms with E-state index < -0.39 is 6.09 Å². The second-order valence-corrected chi connectivity index (χ2v) is 5.46. The molecule has 0 saturated carbocycles. The van der Waals surface area contributed by atoms with Crippen LogP contribution in [0.4, 0.5) is 10.6 Å². The zero-order valence-electron chi connectivity index (χ0n) is 10.5. The summed E-state index contributed by atoms with van der Waals surface area (Å²) >= 11 is 1.78. The molecule has 0 unspecified atom stereocenters. The number of aromatic nitrogens is 2. The molecule has 2 aliphatic heterocycles. The number of carbonyl (C=O) groups excluding carboxylic acids is 2. The molecule has 3 rings (SSSR count). The predicted octanol–water partition coefficient (Wildman–Crippen LogP) is 0.558. The van der Waals surface area contributed by atoms with Crippen molar-refractivity contribution in [3.05, 3.63) is 11.3 Å². The van der Waals surface area contributed by atoms with Crippen molar-refractivity contribution in [1.29, 1.82) is 0 Å². The average molecular weight is 282 g/mol. The third-order valence-electron chi connectivity index (χ3n) is 3.15. The van der Waals surface area contributed by atoms with Crippen molar-refractivity contribution >= 4 is 29.6 Å². The smallest absolute Gasteiger partial charge is 0.410 e. The molecule has 0 atom stereocenters. The van der Waals surface area contributed by atoms with Crippen LogP contribution >= 0.6 is 11.8 Å². The van der Waals surface area contributed by atoms with Crippen molar-refractivity contribution in [3.63, 3.8) is 0 Å². The Labute approximate surface area is 114 Å². The number of ether oxygens (including phenoxy) is 1. The van der Waals surface area contributed by atoms with Gasteiger partial charge in [-0.15, -0.1) is 0 Å². The second kappa shape index (κ2) is 4.76. The van der Waals surface area contributed by atoms with Gasteiger partial charge in [-0.05, 0) is 0 Å². The van der Waals surface area contributed by atoms with Crippen LogP contribution in [-0.4, -0.2) is 46.4 Å². The van der Waals surface area contributed by atoms with E-state index in [0.717, 1.165) is 28.6 Å². The molecule has 0 aliphatic carbocycles. The lowest BCUT2D eigenvalue weighted by Crippen LogP contribution is -2.34. The molecule has 102 valence electrons. The number of fused-ring (bicyclic) bond motifs is 1. The zero-order chi connectivity index (χ0) is 13.4. The highest BCUT2D eigenvalue weighted by atomic mass is 32.2. The minimum absolute atomic E-state index is 0.0198. The van der Waals surface area contributed by atoms with E-state index in [1.165, 1.54) is 4.90 Å². The SMILES string of the molecule is Cn1nc2c(c1NC(=O)CN1CCOC1=O)CSC2. The van der Waals surface area contributed by atoms with E-state index in [-0.39, 0.29) is 12.5 Å². The third-order valence-corrected chi connectivity index (χ3v) is 4.12. The van der Waals surface area contributed by atoms with Crippen LogP contribution in [0.3, 0.4) is 0 Å². The normalized spacial score (nSPS) is 17.5. The lowest BCUT2D eigenvalue weighted by atomic mass is 10.3. The summed E-state index contributed by atoms with van der Waals surface area (Å²) in [6, 6.07) is 0. The van der Waals surface area contributed by atoms with Gasteiger partial charge in [0.25, 0.3) is 0 Å². The number of amides is 2. The average Bonchev–Trinajstić information content (AvgIpc) is 3.01. The van der Waals surface area contributed by atoms with Gasteiger partial charge in [-0.3, -0.25) is 14.4 Å². The summed E-state index contributed by atoms with van der Waals surface area (Å²) < 4.78 is 6.47. The van der Waals surface area contributed by atoms with Gasteiger partial charge in [0, 0.05) is 24.1 Å². The van der Waals surface area contributed by atoms with Crippen molar-refractivity contribution < 1.29 is 14.3 Å². The van der Waals surface area contributed by atoms with Crippen LogP contribution in [0.2, 0.25) is 0 Å². The molecule has 7 nitrogen and oxygen atoms in total. The molecule has 1 saturated heterocycles. The number of nitrogens with zero attached hydrogens (tertiary/aromatic N) is 3. The van der Waals surface area contributed by atoms with Gasteiger partial charge in [0.2, 0.25) is 5.91 Å². The Morgan fingerprint density at radius 2 is 2.37 bits per heavy atom. The maximum atomic E-state index is 12.0. The zero-order valence-corrected chi connectivity index (χ0v) is 11.3. The highest BCUT2D eigenvalue weighted by molar-refractivity contribution is 7.98. The maximum Gasteiger partial charge on any atom is 0.410 e. The fraction of sp³-hybridized carbons (Fsp3) is 0.545. The van der Waals surface area contributed by atoms with Crippen LogP contribution in [0.5, 0.6) is 0 Å². The van der Waals surface area contributed by atoms with E-state index in [4.69, 9.17) is 4.74 Å². The molecule has 0 bridgehead atoms. The summed E-state index contributed by atoms with van der Waals surface area (Å²) in [5, 5.41) is 7.20. The van der Waals surface area contributed by atoms with Crippen molar-refractivity contribution in [2.45, 2.75) is 11.5 Å². The highest BCUT2D eigenvalue weighted by Gasteiger charge is 2.26. The molecule has 2 aliphatic rings. The number of thioether (sulfide) groups is 1. The highest BCUT2D eigenvalue weighted by Crippen LogP contribution is 2.34. The van der Waals surface area contributed by atoms with Crippen LogP contribution in [0.1, 0.15) is 11.3 Å². The van der Waals surface area contributed by atoms with Crippen LogP contribution in [0, 0.1) is 0 Å². The molecule has 1 N–H and O–H groups in total. The number of anilines is 1. The van der Waals surface area contributed by atoms with E-state index in [2.05, 4.69) is 10.4 Å². The van der Waals surface area contributed by atoms with Gasteiger partial charge in [0.15, 0.2) is 0 Å². The fourth-order valence-corrected chi connectivity index (χ4v) is 3.25. The molecule has 0 spiro atoms. The molecule has 0 aromatic carbocycles. The standard InChI is InChI=1S/C11H14N4O3S/c1-14-10(7-5-19-6-8(7)13-14)12-9(16)4-15-2-3-18-11(15)17/h2-6H2,1H3,(H,12,16). The monoisotopic (exact) mass is 282 g/mol. The quantitative estimate of drug-likeness (QED) is 0.876. The van der Waals surface area contributed by atoms with E-state index in [1.807, 2.05) is 7.05 Å². The Bertz CT molecular complexity index is 542. The minimum atomic E-state index is -0.430. The van der Waals surface area contributed by atoms with Crippen molar-refractivity contribution in [3.8, 4) is 0 Å². The number of hydrogen-bond donors (Lipinski definition) is 1. The first-order valence-electron chi connectivity index (χ1n) is 5.99. The maximum absolute atomic E-state index is 12.0. The van der Waals surface area contributed by atoms with Crippen molar-refractivity contribution in [2.24, 2.45) is 7.05 Å². The van der Waals surface area contributed by atoms with E-state index in [0.29, 0.717) is 13.2 Å². The summed E-state index contributed by atoms with van der Waals surface area (Å²) in [5.74, 6) is 2.27. The number of hydrogen-bond acceptors (Lipinski definition) is 5. The van der Waals surface area contributed by atoms with Gasteiger partial charge < -0.3 is 10.1 Å². The molecular weight excluding hydrogens is 268 g/mol. The molecule has 1 aromatic heterocycles. The molecule has 2 amide bonds. The Kier molecular flexibility index (Phi) is 3.09. The molecule has 1 fully saturated rings. The topological polar surface area (TPSA) is 76.5 Å². The summed E-state index contributed by atoms with van der Waals surface area (Å²) in [7, 11) is 1.81. The van der Waals surface area contributed by atoms with Gasteiger partial charge in [-0.1, -0.05) is 0 Å². The summed E-state index contributed by atoms with van der Waals surface area (Å²) in [4.78, 5) is 24.6. The lowest BCUT2D eigenvalue weighted by molar-refractivity contribution is -0.116. The lowest BCUT2D eigenvalue weighted by Gasteiger charge is -2.13. The van der Waals surface area contributed by atoms with E-state index >= 15 is 0 Å². The van der Waals surface area contributed by atoms with Crippen LogP contribution < -0.4 is 5.32 Å². The van der Waals surface area contributed by atoms with Gasteiger partial charge in [-0.2, -0.15) is 16.9 Å². The predicted molar refractivity (Wildman–Crippen MR) is 69.8 cm³/mol. The molecule has 1 aromatic rings.